The van der Waals surface area contributed by atoms with Crippen molar-refractivity contribution in [2.24, 2.45) is 0 Å². The summed E-state index contributed by atoms with van der Waals surface area (Å²) in [4.78, 5) is 24.5. The zero-order chi connectivity index (χ0) is 16.6. The maximum Gasteiger partial charge on any atom is 0.202 e. The second-order valence-corrected chi connectivity index (χ2v) is 5.71. The van der Waals surface area contributed by atoms with Crippen molar-refractivity contribution < 1.29 is 14.3 Å². The van der Waals surface area contributed by atoms with E-state index in [-0.39, 0.29) is 39.7 Å². The van der Waals surface area contributed by atoms with Crippen molar-refractivity contribution in [2.75, 3.05) is 0 Å². The van der Waals surface area contributed by atoms with Gasteiger partial charge in [-0.3, -0.25) is 9.59 Å². The molecule has 116 valence electrons. The van der Waals surface area contributed by atoms with Crippen LogP contribution in [0.3, 0.4) is 0 Å². The molecule has 0 aliphatic heterocycles. The highest BCUT2D eigenvalue weighted by atomic mass is 35.5. The van der Waals surface area contributed by atoms with E-state index < -0.39 is 0 Å². The Morgan fingerprint density at radius 2 is 2.00 bits per heavy atom. The summed E-state index contributed by atoms with van der Waals surface area (Å²) in [6.07, 6.45) is 0.0744. The van der Waals surface area contributed by atoms with Gasteiger partial charge in [-0.15, -0.1) is 0 Å². The van der Waals surface area contributed by atoms with Gasteiger partial charge in [0, 0.05) is 12.5 Å². The summed E-state index contributed by atoms with van der Waals surface area (Å²) < 4.78 is 5.54. The number of phenols is 1. The van der Waals surface area contributed by atoms with Crippen LogP contribution in [0.5, 0.6) is 5.75 Å². The second-order valence-electron chi connectivity index (χ2n) is 5.30. The van der Waals surface area contributed by atoms with Gasteiger partial charge in [-0.1, -0.05) is 23.7 Å². The first-order chi connectivity index (χ1) is 11.0. The molecule has 0 atom stereocenters. The molecule has 0 aliphatic carbocycles. The van der Waals surface area contributed by atoms with Crippen LogP contribution >= 0.6 is 11.6 Å². The van der Waals surface area contributed by atoms with Crippen LogP contribution in [0.15, 0.2) is 51.7 Å². The van der Waals surface area contributed by atoms with Gasteiger partial charge < -0.3 is 9.52 Å². The van der Waals surface area contributed by atoms with E-state index >= 15 is 0 Å². The highest BCUT2D eigenvalue weighted by molar-refractivity contribution is 6.34. The molecule has 2 aromatic carbocycles. The first-order valence-electron chi connectivity index (χ1n) is 7.00. The third-order valence-electron chi connectivity index (χ3n) is 3.66. The molecule has 0 saturated carbocycles. The number of hydrogen-bond donors (Lipinski definition) is 1. The fraction of sp³-hybridized carbons (Fsp3) is 0.111. The second kappa shape index (κ2) is 5.89. The van der Waals surface area contributed by atoms with E-state index in [1.165, 1.54) is 12.1 Å². The molecule has 5 heteroatoms. The molecule has 0 saturated heterocycles. The summed E-state index contributed by atoms with van der Waals surface area (Å²) in [5.74, 6) is -0.205. The number of halogens is 1. The summed E-state index contributed by atoms with van der Waals surface area (Å²) in [5.41, 5.74) is 1.46. The lowest BCUT2D eigenvalue weighted by Gasteiger charge is -2.06. The van der Waals surface area contributed by atoms with Gasteiger partial charge in [-0.05, 0) is 42.3 Å². The Bertz CT molecular complexity index is 972. The minimum Gasteiger partial charge on any atom is -0.508 e. The van der Waals surface area contributed by atoms with Crippen LogP contribution in [0.25, 0.3) is 11.0 Å². The number of phenolic OH excluding ortho intramolecular Hbond substituents is 1. The third-order valence-corrected chi connectivity index (χ3v) is 3.96. The Kier molecular flexibility index (Phi) is 3.92. The van der Waals surface area contributed by atoms with E-state index in [1.807, 2.05) is 0 Å². The number of para-hydroxylation sites is 1. The molecular weight excluding hydrogens is 316 g/mol. The van der Waals surface area contributed by atoms with Crippen LogP contribution in [-0.4, -0.2) is 10.9 Å². The van der Waals surface area contributed by atoms with Crippen LogP contribution in [0.2, 0.25) is 5.02 Å². The van der Waals surface area contributed by atoms with Crippen LogP contribution in [0, 0.1) is 6.92 Å². The maximum absolute atomic E-state index is 12.4. The smallest absolute Gasteiger partial charge is 0.202 e. The van der Waals surface area contributed by atoms with Gasteiger partial charge in [0.25, 0.3) is 0 Å². The molecule has 0 unspecified atom stereocenters. The van der Waals surface area contributed by atoms with Crippen molar-refractivity contribution >= 4 is 28.4 Å². The van der Waals surface area contributed by atoms with Gasteiger partial charge in [-0.25, -0.2) is 0 Å². The Hall–Kier alpha value is -2.59. The average Bonchev–Trinajstić information content (AvgIpc) is 2.51. The summed E-state index contributed by atoms with van der Waals surface area (Å²) in [5, 5.41) is 10.0. The normalized spacial score (nSPS) is 10.9. The molecular formula is C18H13ClO4. The van der Waals surface area contributed by atoms with Crippen LogP contribution in [0.1, 0.15) is 21.7 Å². The number of Topliss-reactive ketones (excluding diaryl/α,β-unsaturated/α-hetero) is 1. The standard InChI is InChI=1S/C18H13ClO4/c1-10-7-12(20)6-5-11(10)8-16(22)17-9-15(21)13-3-2-4-14(19)18(13)23-17/h2-7,9,20H,8H2,1H3. The summed E-state index contributed by atoms with van der Waals surface area (Å²) in [6.45, 7) is 1.80. The molecule has 0 aliphatic rings. The van der Waals surface area contributed by atoms with Gasteiger partial charge in [0.15, 0.2) is 16.8 Å². The number of benzene rings is 2. The van der Waals surface area contributed by atoms with Gasteiger partial charge >= 0.3 is 0 Å². The number of ketones is 1. The summed E-state index contributed by atoms with van der Waals surface area (Å²) in [7, 11) is 0. The molecule has 0 amide bonds. The summed E-state index contributed by atoms with van der Waals surface area (Å²) in [6, 6.07) is 10.8. The van der Waals surface area contributed by atoms with Crippen LogP contribution < -0.4 is 5.43 Å². The molecule has 1 heterocycles. The maximum atomic E-state index is 12.4. The van der Waals surface area contributed by atoms with E-state index in [0.717, 1.165) is 11.1 Å². The quantitative estimate of drug-likeness (QED) is 0.741. The SMILES string of the molecule is Cc1cc(O)ccc1CC(=O)c1cc(=O)c2cccc(Cl)c2o1. The summed E-state index contributed by atoms with van der Waals surface area (Å²) >= 11 is 6.04. The van der Waals surface area contributed by atoms with E-state index in [2.05, 4.69) is 0 Å². The molecule has 23 heavy (non-hydrogen) atoms. The lowest BCUT2D eigenvalue weighted by Crippen LogP contribution is -2.10. The third kappa shape index (κ3) is 2.98. The van der Waals surface area contributed by atoms with Crippen molar-refractivity contribution in [2.45, 2.75) is 13.3 Å². The zero-order valence-electron chi connectivity index (χ0n) is 12.3. The fourth-order valence-electron chi connectivity index (χ4n) is 2.42. The fourth-order valence-corrected chi connectivity index (χ4v) is 2.63. The highest BCUT2D eigenvalue weighted by Gasteiger charge is 2.15. The Balaban J connectivity index is 2.01. The van der Waals surface area contributed by atoms with Crippen molar-refractivity contribution in [1.29, 1.82) is 0 Å². The molecule has 0 radical (unpaired) electrons. The number of aryl methyl sites for hydroxylation is 1. The topological polar surface area (TPSA) is 67.5 Å². The number of aromatic hydroxyl groups is 1. The Morgan fingerprint density at radius 3 is 2.74 bits per heavy atom. The van der Waals surface area contributed by atoms with Crippen molar-refractivity contribution in [3.05, 3.63) is 74.6 Å². The van der Waals surface area contributed by atoms with Gasteiger partial charge in [0.1, 0.15) is 5.75 Å². The van der Waals surface area contributed by atoms with Crippen LogP contribution in [-0.2, 0) is 6.42 Å². The van der Waals surface area contributed by atoms with Crippen molar-refractivity contribution in [1.82, 2.24) is 0 Å². The van der Waals surface area contributed by atoms with Crippen molar-refractivity contribution in [3.8, 4) is 5.75 Å². The van der Waals surface area contributed by atoms with Gasteiger partial charge in [-0.2, -0.15) is 0 Å². The number of fused-ring (bicyclic) bond motifs is 1. The van der Waals surface area contributed by atoms with Gasteiger partial charge in [0.05, 0.1) is 10.4 Å². The zero-order valence-corrected chi connectivity index (χ0v) is 13.1. The largest absolute Gasteiger partial charge is 0.508 e. The lowest BCUT2D eigenvalue weighted by atomic mass is 10.0. The Labute approximate surface area is 136 Å². The predicted molar refractivity (Wildman–Crippen MR) is 88.4 cm³/mol. The molecule has 1 N–H and O–H groups in total. The highest BCUT2D eigenvalue weighted by Crippen LogP contribution is 2.23. The Morgan fingerprint density at radius 1 is 1.22 bits per heavy atom. The molecule has 0 fully saturated rings. The van der Waals surface area contributed by atoms with E-state index in [9.17, 15) is 14.7 Å². The van der Waals surface area contributed by atoms with Crippen molar-refractivity contribution in [3.63, 3.8) is 0 Å². The van der Waals surface area contributed by atoms with E-state index in [1.54, 1.807) is 37.3 Å². The van der Waals surface area contributed by atoms with Crippen LogP contribution in [0.4, 0.5) is 0 Å². The monoisotopic (exact) mass is 328 g/mol. The number of hydrogen-bond acceptors (Lipinski definition) is 4. The molecule has 4 nitrogen and oxygen atoms in total. The number of rotatable bonds is 3. The average molecular weight is 329 g/mol. The molecule has 0 spiro atoms. The first-order valence-corrected chi connectivity index (χ1v) is 7.37. The molecule has 1 aromatic heterocycles. The first kappa shape index (κ1) is 15.3. The molecule has 3 rings (SSSR count). The minimum absolute atomic E-state index is 0.0249. The van der Waals surface area contributed by atoms with E-state index in [0.29, 0.717) is 5.39 Å². The number of carbonyl (C=O) groups is 1. The molecule has 0 bridgehead atoms. The minimum atomic E-state index is -0.322. The lowest BCUT2D eigenvalue weighted by molar-refractivity contribution is 0.0966. The van der Waals surface area contributed by atoms with E-state index in [4.69, 9.17) is 16.0 Å². The van der Waals surface area contributed by atoms with Gasteiger partial charge in [0.2, 0.25) is 5.78 Å². The number of carbonyl (C=O) groups excluding carboxylic acids is 1. The molecule has 3 aromatic rings. The predicted octanol–water partition coefficient (Wildman–Crippen LogP) is 3.89.